The zero-order valence-electron chi connectivity index (χ0n) is 20.4. The average Bonchev–Trinajstić information content (AvgIpc) is 2.96. The molecule has 3 fully saturated rings. The SMILES string of the molecule is CCCCCCOC(=S)[C@@]1(O)[C@@H](C)C[C@H]2[C@@H]3CCC4=CC(=O)C=C[C@]4(C)[C@@]3(F)[C@@H](O)C[C@@]21C. The highest BCUT2D eigenvalue weighted by Crippen LogP contribution is 2.70. The van der Waals surface area contributed by atoms with Gasteiger partial charge in [0.2, 0.25) is 0 Å². The van der Waals surface area contributed by atoms with Crippen molar-refractivity contribution in [3.63, 3.8) is 0 Å². The standard InChI is InChI=1S/C27H39FO4S/c1-5-6-7-8-13-32-23(33)27(31)17(2)14-21-20-10-9-18-15-19(29)11-12-24(18,3)26(20,28)22(30)16-25(21,27)4/h11-12,15,17,20-22,30-31H,5-10,13-14,16H2,1-4H3/t17-,20-,21-,22-,24-,25-,26-,27-/m0/s1. The zero-order valence-corrected chi connectivity index (χ0v) is 21.2. The minimum absolute atomic E-state index is 0.107. The van der Waals surface area contributed by atoms with Crippen LogP contribution in [0.25, 0.3) is 0 Å². The van der Waals surface area contributed by atoms with E-state index < -0.39 is 34.1 Å². The first-order chi connectivity index (χ1) is 15.5. The van der Waals surface area contributed by atoms with Gasteiger partial charge in [0.05, 0.1) is 12.7 Å². The number of halogens is 1. The summed E-state index contributed by atoms with van der Waals surface area (Å²) in [6.45, 7) is 8.37. The van der Waals surface area contributed by atoms with Crippen molar-refractivity contribution in [2.45, 2.75) is 96.4 Å². The van der Waals surface area contributed by atoms with Crippen molar-refractivity contribution in [3.8, 4) is 0 Å². The Hall–Kier alpha value is -1.11. The molecule has 0 aromatic carbocycles. The van der Waals surface area contributed by atoms with Crippen molar-refractivity contribution in [3.05, 3.63) is 23.8 Å². The van der Waals surface area contributed by atoms with Crippen molar-refractivity contribution in [1.82, 2.24) is 0 Å². The third-order valence-electron chi connectivity index (χ3n) is 9.76. The fourth-order valence-corrected chi connectivity index (χ4v) is 8.30. The largest absolute Gasteiger partial charge is 0.484 e. The van der Waals surface area contributed by atoms with Crippen LogP contribution in [-0.4, -0.2) is 45.0 Å². The van der Waals surface area contributed by atoms with Crippen LogP contribution in [0, 0.1) is 28.6 Å². The maximum absolute atomic E-state index is 17.2. The van der Waals surface area contributed by atoms with E-state index in [1.54, 1.807) is 12.2 Å². The lowest BCUT2D eigenvalue weighted by atomic mass is 9.45. The molecule has 3 saturated carbocycles. The number of rotatable bonds is 6. The van der Waals surface area contributed by atoms with Crippen molar-refractivity contribution >= 4 is 23.1 Å². The number of ketones is 1. The molecule has 4 nitrogen and oxygen atoms in total. The van der Waals surface area contributed by atoms with Gasteiger partial charge in [-0.1, -0.05) is 51.7 Å². The molecule has 184 valence electrons. The predicted molar refractivity (Wildman–Crippen MR) is 131 cm³/mol. The molecule has 33 heavy (non-hydrogen) atoms. The van der Waals surface area contributed by atoms with Crippen molar-refractivity contribution in [2.75, 3.05) is 6.61 Å². The molecule has 8 atom stereocenters. The molecule has 0 bridgehead atoms. The Morgan fingerprint density at radius 1 is 1.27 bits per heavy atom. The Balaban J connectivity index is 1.64. The number of alkyl halides is 1. The van der Waals surface area contributed by atoms with Crippen LogP contribution in [0.15, 0.2) is 23.8 Å². The molecule has 6 heteroatoms. The number of carbonyl (C=O) groups excluding carboxylic acids is 1. The molecule has 0 heterocycles. The summed E-state index contributed by atoms with van der Waals surface area (Å²) in [7, 11) is 0. The number of carbonyl (C=O) groups is 1. The summed E-state index contributed by atoms with van der Waals surface area (Å²) in [4.78, 5) is 12.0. The van der Waals surface area contributed by atoms with Gasteiger partial charge in [0.25, 0.3) is 0 Å². The summed E-state index contributed by atoms with van der Waals surface area (Å²) < 4.78 is 23.1. The summed E-state index contributed by atoms with van der Waals surface area (Å²) in [5.74, 6) is -0.893. The lowest BCUT2D eigenvalue weighted by Gasteiger charge is -2.62. The van der Waals surface area contributed by atoms with E-state index in [9.17, 15) is 15.0 Å². The smallest absolute Gasteiger partial charge is 0.192 e. The first kappa shape index (κ1) is 25.0. The van der Waals surface area contributed by atoms with Crippen molar-refractivity contribution in [1.29, 1.82) is 0 Å². The molecule has 4 aliphatic carbocycles. The van der Waals surface area contributed by atoms with Crippen LogP contribution in [0.3, 0.4) is 0 Å². The van der Waals surface area contributed by atoms with E-state index >= 15 is 4.39 Å². The predicted octanol–water partition coefficient (Wildman–Crippen LogP) is 5.26. The normalized spacial score (nSPS) is 46.3. The summed E-state index contributed by atoms with van der Waals surface area (Å²) in [6.07, 6.45) is 9.48. The summed E-state index contributed by atoms with van der Waals surface area (Å²) in [6, 6.07) is 0. The van der Waals surface area contributed by atoms with Gasteiger partial charge in [-0.25, -0.2) is 4.39 Å². The molecule has 2 N–H and O–H groups in total. The van der Waals surface area contributed by atoms with E-state index in [1.807, 2.05) is 20.8 Å². The van der Waals surface area contributed by atoms with Crippen LogP contribution in [0.4, 0.5) is 4.39 Å². The van der Waals surface area contributed by atoms with Gasteiger partial charge < -0.3 is 14.9 Å². The Morgan fingerprint density at radius 2 is 2.00 bits per heavy atom. The summed E-state index contributed by atoms with van der Waals surface area (Å²) >= 11 is 5.66. The van der Waals surface area contributed by atoms with Gasteiger partial charge >= 0.3 is 0 Å². The number of thiocarbonyl (C=S) groups is 1. The monoisotopic (exact) mass is 478 g/mol. The minimum Gasteiger partial charge on any atom is -0.484 e. The quantitative estimate of drug-likeness (QED) is 0.403. The molecule has 0 aromatic heterocycles. The second-order valence-electron chi connectivity index (χ2n) is 11.4. The van der Waals surface area contributed by atoms with E-state index in [2.05, 4.69) is 6.92 Å². The lowest BCUT2D eigenvalue weighted by Crippen LogP contribution is -2.69. The Morgan fingerprint density at radius 3 is 2.70 bits per heavy atom. The molecule has 0 aromatic rings. The highest BCUT2D eigenvalue weighted by atomic mass is 32.1. The van der Waals surface area contributed by atoms with Crippen LogP contribution in [0.1, 0.15) is 79.1 Å². The van der Waals surface area contributed by atoms with Gasteiger partial charge in [-0.05, 0) is 75.2 Å². The highest BCUT2D eigenvalue weighted by Gasteiger charge is 2.75. The molecular weight excluding hydrogens is 439 g/mol. The molecule has 4 rings (SSSR count). The van der Waals surface area contributed by atoms with Gasteiger partial charge in [-0.2, -0.15) is 0 Å². The van der Waals surface area contributed by atoms with Crippen LogP contribution in [0.2, 0.25) is 0 Å². The maximum atomic E-state index is 17.2. The maximum Gasteiger partial charge on any atom is 0.192 e. The average molecular weight is 479 g/mol. The minimum atomic E-state index is -1.90. The number of unbranched alkanes of at least 4 members (excludes halogenated alkanes) is 3. The number of hydrogen-bond acceptors (Lipinski definition) is 5. The van der Waals surface area contributed by atoms with E-state index in [4.69, 9.17) is 17.0 Å². The fraction of sp³-hybridized carbons (Fsp3) is 0.778. The van der Waals surface area contributed by atoms with E-state index in [1.165, 1.54) is 6.08 Å². The molecule has 0 unspecified atom stereocenters. The van der Waals surface area contributed by atoms with E-state index in [0.717, 1.165) is 31.3 Å². The topological polar surface area (TPSA) is 66.8 Å². The molecule has 0 saturated heterocycles. The van der Waals surface area contributed by atoms with Crippen LogP contribution in [-0.2, 0) is 9.53 Å². The second-order valence-corrected chi connectivity index (χ2v) is 11.7. The molecular formula is C27H39FO4S. The first-order valence-corrected chi connectivity index (χ1v) is 13.1. The third kappa shape index (κ3) is 3.34. The van der Waals surface area contributed by atoms with Crippen LogP contribution >= 0.6 is 12.2 Å². The van der Waals surface area contributed by atoms with Gasteiger partial charge in [0.15, 0.2) is 16.5 Å². The lowest BCUT2D eigenvalue weighted by molar-refractivity contribution is -0.210. The molecule has 0 radical (unpaired) electrons. The van der Waals surface area contributed by atoms with E-state index in [-0.39, 0.29) is 29.1 Å². The molecule has 0 amide bonds. The zero-order chi connectivity index (χ0) is 24.2. The van der Waals surface area contributed by atoms with Crippen LogP contribution < -0.4 is 0 Å². The number of aliphatic hydroxyl groups excluding tert-OH is 1. The van der Waals surface area contributed by atoms with Gasteiger partial charge in [0.1, 0.15) is 5.60 Å². The number of allylic oxidation sites excluding steroid dienone is 4. The third-order valence-corrected chi connectivity index (χ3v) is 10.2. The first-order valence-electron chi connectivity index (χ1n) is 12.7. The number of ether oxygens (including phenoxy) is 1. The second kappa shape index (κ2) is 8.53. The Kier molecular flexibility index (Phi) is 6.46. The van der Waals surface area contributed by atoms with Gasteiger partial charge in [0, 0.05) is 16.7 Å². The number of hydrogen-bond donors (Lipinski definition) is 2. The molecule has 0 aliphatic heterocycles. The van der Waals surface area contributed by atoms with Gasteiger partial charge in [-0.15, -0.1) is 0 Å². The molecule has 0 spiro atoms. The number of aliphatic hydroxyl groups is 2. The summed E-state index contributed by atoms with van der Waals surface area (Å²) in [5.41, 5.74) is -4.33. The van der Waals surface area contributed by atoms with E-state index in [0.29, 0.717) is 25.9 Å². The highest BCUT2D eigenvalue weighted by molar-refractivity contribution is 7.80. The van der Waals surface area contributed by atoms with Crippen molar-refractivity contribution in [2.24, 2.45) is 28.6 Å². The fourth-order valence-electron chi connectivity index (χ4n) is 7.79. The summed E-state index contributed by atoms with van der Waals surface area (Å²) in [5, 5.41) is 23.6. The van der Waals surface area contributed by atoms with Gasteiger partial charge in [-0.3, -0.25) is 4.79 Å². The van der Waals surface area contributed by atoms with Crippen molar-refractivity contribution < 1.29 is 24.1 Å². The molecule has 4 aliphatic rings. The Bertz CT molecular complexity index is 885. The van der Waals surface area contributed by atoms with Crippen LogP contribution in [0.5, 0.6) is 0 Å². The number of fused-ring (bicyclic) bond motifs is 5. The Labute approximate surface area is 202 Å².